The monoisotopic (exact) mass is 379 g/mol. The zero-order chi connectivity index (χ0) is 19.3. The van der Waals surface area contributed by atoms with Crippen molar-refractivity contribution in [2.24, 2.45) is 5.73 Å². The van der Waals surface area contributed by atoms with E-state index in [2.05, 4.69) is 32.1 Å². The van der Waals surface area contributed by atoms with E-state index in [-0.39, 0.29) is 11.7 Å². The van der Waals surface area contributed by atoms with Gasteiger partial charge in [-0.3, -0.25) is 9.36 Å². The molecule has 5 rings (SSSR count). The summed E-state index contributed by atoms with van der Waals surface area (Å²) in [7, 11) is 0. The van der Waals surface area contributed by atoms with Crippen LogP contribution in [-0.4, -0.2) is 46.5 Å². The largest absolute Gasteiger partial charge is 0.364 e. The molecule has 2 N–H and O–H groups in total. The first-order valence-corrected chi connectivity index (χ1v) is 9.59. The van der Waals surface area contributed by atoms with Crippen LogP contribution in [-0.2, 0) is 0 Å². The first kappa shape index (κ1) is 16.8. The average Bonchev–Trinajstić information content (AvgIpc) is 3.47. The van der Waals surface area contributed by atoms with Crippen molar-refractivity contribution in [2.45, 2.75) is 51.1 Å². The molecule has 10 nitrogen and oxygen atoms in total. The molecule has 0 bridgehead atoms. The molecule has 1 saturated carbocycles. The zero-order valence-corrected chi connectivity index (χ0v) is 15.6. The average molecular weight is 379 g/mol. The minimum Gasteiger partial charge on any atom is -0.364 e. The fourth-order valence-corrected chi connectivity index (χ4v) is 4.31. The Labute approximate surface area is 161 Å². The van der Waals surface area contributed by atoms with Gasteiger partial charge in [-0.05, 0) is 25.3 Å². The Hall–Kier alpha value is -3.30. The highest BCUT2D eigenvalue weighted by Gasteiger charge is 2.38. The SMILES string of the molecule is CCC1c2nncn2-c2cnc(-n3ccc(C(N)=O)n3)nc2N1C1CCCC1. The maximum Gasteiger partial charge on any atom is 0.269 e. The van der Waals surface area contributed by atoms with Gasteiger partial charge in [-0.15, -0.1) is 10.2 Å². The van der Waals surface area contributed by atoms with E-state index < -0.39 is 5.91 Å². The summed E-state index contributed by atoms with van der Waals surface area (Å²) in [5.74, 6) is 1.60. The van der Waals surface area contributed by atoms with Gasteiger partial charge in [0.15, 0.2) is 11.6 Å². The van der Waals surface area contributed by atoms with Crippen molar-refractivity contribution in [1.29, 1.82) is 0 Å². The number of anilines is 1. The number of aromatic nitrogens is 7. The van der Waals surface area contributed by atoms with Gasteiger partial charge in [0.05, 0.1) is 12.2 Å². The van der Waals surface area contributed by atoms with E-state index >= 15 is 0 Å². The summed E-state index contributed by atoms with van der Waals surface area (Å²) in [4.78, 5) is 23.1. The van der Waals surface area contributed by atoms with Crippen LogP contribution >= 0.6 is 0 Å². The summed E-state index contributed by atoms with van der Waals surface area (Å²) < 4.78 is 3.45. The molecule has 3 aromatic rings. The van der Waals surface area contributed by atoms with E-state index in [1.54, 1.807) is 24.8 Å². The van der Waals surface area contributed by atoms with Crippen LogP contribution in [0.2, 0.25) is 0 Å². The molecule has 1 atom stereocenters. The molecule has 1 aliphatic heterocycles. The van der Waals surface area contributed by atoms with E-state index in [1.165, 1.54) is 17.5 Å². The molecule has 1 fully saturated rings. The highest BCUT2D eigenvalue weighted by atomic mass is 16.1. The van der Waals surface area contributed by atoms with Crippen molar-refractivity contribution >= 4 is 11.7 Å². The smallest absolute Gasteiger partial charge is 0.269 e. The minimum atomic E-state index is -0.579. The first-order valence-electron chi connectivity index (χ1n) is 9.59. The molecule has 10 heteroatoms. The Morgan fingerprint density at radius 1 is 1.32 bits per heavy atom. The Bertz CT molecular complexity index is 1030. The van der Waals surface area contributed by atoms with E-state index in [9.17, 15) is 4.79 Å². The van der Waals surface area contributed by atoms with Gasteiger partial charge in [0.2, 0.25) is 0 Å². The normalized spacial score (nSPS) is 18.9. The van der Waals surface area contributed by atoms with E-state index in [0.717, 1.165) is 36.6 Å². The summed E-state index contributed by atoms with van der Waals surface area (Å²) in [6.45, 7) is 2.16. The molecule has 1 aliphatic carbocycles. The van der Waals surface area contributed by atoms with Gasteiger partial charge in [0.25, 0.3) is 11.9 Å². The molecule has 0 spiro atoms. The standard InChI is InChI=1S/C18H21N9O/c1-2-13-17-23-21-10-25(17)14-9-20-18(26-8-7-12(24-26)15(19)28)22-16(14)27(13)11-5-3-4-6-11/h7-11,13H,2-6H2,1H3,(H2,19,28). The third-order valence-corrected chi connectivity index (χ3v) is 5.60. The predicted octanol–water partition coefficient (Wildman–Crippen LogP) is 1.56. The summed E-state index contributed by atoms with van der Waals surface area (Å²) in [5, 5.41) is 12.7. The number of nitrogens with zero attached hydrogens (tertiary/aromatic N) is 8. The molecule has 4 heterocycles. The Morgan fingerprint density at radius 2 is 2.14 bits per heavy atom. The van der Waals surface area contributed by atoms with Crippen molar-refractivity contribution < 1.29 is 4.79 Å². The summed E-state index contributed by atoms with van der Waals surface area (Å²) in [6, 6.07) is 2.09. The van der Waals surface area contributed by atoms with E-state index in [4.69, 9.17) is 10.7 Å². The Balaban J connectivity index is 1.66. The molecule has 1 unspecified atom stereocenters. The van der Waals surface area contributed by atoms with Gasteiger partial charge in [0, 0.05) is 12.2 Å². The van der Waals surface area contributed by atoms with Gasteiger partial charge in [0.1, 0.15) is 17.7 Å². The second kappa shape index (κ2) is 6.39. The van der Waals surface area contributed by atoms with Crippen LogP contribution in [0.15, 0.2) is 24.8 Å². The molecule has 1 amide bonds. The number of amides is 1. The summed E-state index contributed by atoms with van der Waals surface area (Å²) in [5.41, 5.74) is 6.36. The van der Waals surface area contributed by atoms with Gasteiger partial charge in [-0.2, -0.15) is 10.1 Å². The highest BCUT2D eigenvalue weighted by Crippen LogP contribution is 2.42. The molecule has 3 aromatic heterocycles. The van der Waals surface area contributed by atoms with Crippen molar-refractivity contribution in [1.82, 2.24) is 34.5 Å². The van der Waals surface area contributed by atoms with Gasteiger partial charge < -0.3 is 10.6 Å². The van der Waals surface area contributed by atoms with Gasteiger partial charge >= 0.3 is 0 Å². The lowest BCUT2D eigenvalue weighted by molar-refractivity contribution is 0.0995. The lowest BCUT2D eigenvalue weighted by Crippen LogP contribution is -2.42. The number of rotatable bonds is 4. The van der Waals surface area contributed by atoms with Crippen molar-refractivity contribution in [2.75, 3.05) is 4.90 Å². The number of primary amides is 1. The maximum absolute atomic E-state index is 11.4. The summed E-state index contributed by atoms with van der Waals surface area (Å²) in [6.07, 6.45) is 10.7. The zero-order valence-electron chi connectivity index (χ0n) is 15.6. The number of carbonyl (C=O) groups excluding carboxylic acids is 1. The number of hydrogen-bond donors (Lipinski definition) is 1. The topological polar surface area (TPSA) is 121 Å². The maximum atomic E-state index is 11.4. The number of hydrogen-bond acceptors (Lipinski definition) is 7. The Kier molecular flexibility index (Phi) is 3.85. The summed E-state index contributed by atoms with van der Waals surface area (Å²) >= 11 is 0. The fraction of sp³-hybridized carbons (Fsp3) is 0.444. The molecule has 0 aromatic carbocycles. The van der Waals surface area contributed by atoms with Crippen molar-refractivity contribution in [3.63, 3.8) is 0 Å². The van der Waals surface area contributed by atoms with Crippen LogP contribution in [0.3, 0.4) is 0 Å². The van der Waals surface area contributed by atoms with Crippen LogP contribution in [0.1, 0.15) is 61.4 Å². The predicted molar refractivity (Wildman–Crippen MR) is 100 cm³/mol. The molecular formula is C18H21N9O. The van der Waals surface area contributed by atoms with Crippen molar-refractivity contribution in [3.8, 4) is 11.6 Å². The lowest BCUT2D eigenvalue weighted by Gasteiger charge is -2.40. The Morgan fingerprint density at radius 3 is 2.86 bits per heavy atom. The number of carbonyl (C=O) groups is 1. The van der Waals surface area contributed by atoms with E-state index in [1.807, 2.05) is 4.57 Å². The quantitative estimate of drug-likeness (QED) is 0.730. The van der Waals surface area contributed by atoms with Crippen LogP contribution in [0.5, 0.6) is 0 Å². The van der Waals surface area contributed by atoms with Gasteiger partial charge in [-0.25, -0.2) is 9.67 Å². The van der Waals surface area contributed by atoms with E-state index in [0.29, 0.717) is 12.0 Å². The molecule has 28 heavy (non-hydrogen) atoms. The van der Waals surface area contributed by atoms with Crippen LogP contribution in [0.25, 0.3) is 11.6 Å². The molecule has 144 valence electrons. The van der Waals surface area contributed by atoms with Crippen molar-refractivity contribution in [3.05, 3.63) is 36.3 Å². The molecule has 2 aliphatic rings. The van der Waals surface area contributed by atoms with Gasteiger partial charge in [-0.1, -0.05) is 19.8 Å². The second-order valence-electron chi connectivity index (χ2n) is 7.22. The fourth-order valence-electron chi connectivity index (χ4n) is 4.31. The molecule has 0 saturated heterocycles. The molecular weight excluding hydrogens is 358 g/mol. The third kappa shape index (κ3) is 2.48. The second-order valence-corrected chi connectivity index (χ2v) is 7.22. The highest BCUT2D eigenvalue weighted by molar-refractivity contribution is 5.90. The first-order chi connectivity index (χ1) is 13.7. The van der Waals surface area contributed by atoms with Crippen LogP contribution in [0, 0.1) is 0 Å². The number of fused-ring (bicyclic) bond motifs is 3. The van der Waals surface area contributed by atoms with Crippen LogP contribution < -0.4 is 10.6 Å². The molecule has 0 radical (unpaired) electrons. The lowest BCUT2D eigenvalue weighted by atomic mass is 10.0. The third-order valence-electron chi connectivity index (χ3n) is 5.60. The minimum absolute atomic E-state index is 0.111. The van der Waals surface area contributed by atoms with Crippen LogP contribution in [0.4, 0.5) is 5.82 Å². The number of nitrogens with two attached hydrogens (primary N) is 1.